The topological polar surface area (TPSA) is 83.8 Å². The highest BCUT2D eigenvalue weighted by atomic mass is 35.5. The van der Waals surface area contributed by atoms with Crippen LogP contribution in [0.5, 0.6) is 0 Å². The maximum atomic E-state index is 13.3. The van der Waals surface area contributed by atoms with Crippen molar-refractivity contribution in [1.29, 1.82) is 0 Å². The summed E-state index contributed by atoms with van der Waals surface area (Å²) in [4.78, 5) is 22.2. The standard InChI is InChI=1S/C26H23ClFN3O3/c1-34-25(21-7-2-3-12-29-21)23(15-32)31-26(33)19-5-4-6-20(27)24(19)22-13-17(14-30-22)16-8-10-18(28)11-9-16/h2-13,23,25,32H,14-15H2,1H3,(H,31,33)/t23-,25?/m0/s1. The van der Waals surface area contributed by atoms with Crippen molar-refractivity contribution in [3.63, 3.8) is 0 Å². The predicted octanol–water partition coefficient (Wildman–Crippen LogP) is 4.24. The van der Waals surface area contributed by atoms with Crippen molar-refractivity contribution in [2.75, 3.05) is 20.3 Å². The summed E-state index contributed by atoms with van der Waals surface area (Å²) in [6.45, 7) is 0.0320. The largest absolute Gasteiger partial charge is 0.394 e. The van der Waals surface area contributed by atoms with E-state index in [1.165, 1.54) is 19.2 Å². The van der Waals surface area contributed by atoms with Crippen LogP contribution in [0.4, 0.5) is 4.39 Å². The fraction of sp³-hybridized carbons (Fsp3) is 0.192. The summed E-state index contributed by atoms with van der Waals surface area (Å²) >= 11 is 6.50. The summed E-state index contributed by atoms with van der Waals surface area (Å²) in [7, 11) is 1.49. The number of hydrogen-bond acceptors (Lipinski definition) is 5. The van der Waals surface area contributed by atoms with Crippen molar-refractivity contribution in [1.82, 2.24) is 10.3 Å². The Labute approximate surface area is 201 Å². The van der Waals surface area contributed by atoms with Gasteiger partial charge in [-0.2, -0.15) is 0 Å². The first-order chi connectivity index (χ1) is 16.5. The van der Waals surface area contributed by atoms with Gasteiger partial charge in [0.25, 0.3) is 5.91 Å². The molecule has 174 valence electrons. The maximum Gasteiger partial charge on any atom is 0.252 e. The van der Waals surface area contributed by atoms with E-state index in [-0.39, 0.29) is 12.4 Å². The van der Waals surface area contributed by atoms with Crippen LogP contribution in [0.3, 0.4) is 0 Å². The smallest absolute Gasteiger partial charge is 0.252 e. The lowest BCUT2D eigenvalue weighted by molar-refractivity contribution is 0.0390. The average molecular weight is 480 g/mol. The molecule has 0 saturated heterocycles. The molecule has 1 aliphatic rings. The second kappa shape index (κ2) is 10.7. The van der Waals surface area contributed by atoms with Gasteiger partial charge in [-0.3, -0.25) is 14.8 Å². The van der Waals surface area contributed by atoms with Gasteiger partial charge in [0.1, 0.15) is 11.9 Å². The van der Waals surface area contributed by atoms with Crippen LogP contribution in [-0.4, -0.2) is 48.0 Å². The molecule has 0 radical (unpaired) electrons. The zero-order chi connectivity index (χ0) is 24.1. The average Bonchev–Trinajstić information content (AvgIpc) is 3.34. The van der Waals surface area contributed by atoms with Crippen molar-refractivity contribution in [3.05, 3.63) is 106 Å². The number of aliphatic hydroxyl groups is 1. The third-order valence-corrected chi connectivity index (χ3v) is 5.89. The van der Waals surface area contributed by atoms with E-state index in [9.17, 15) is 14.3 Å². The molecule has 2 heterocycles. The van der Waals surface area contributed by atoms with Gasteiger partial charge in [-0.15, -0.1) is 0 Å². The number of halogens is 2. The number of aliphatic imine (C=N–C) groups is 1. The quantitative estimate of drug-likeness (QED) is 0.506. The first-order valence-corrected chi connectivity index (χ1v) is 11.0. The Morgan fingerprint density at radius 1 is 1.18 bits per heavy atom. The molecule has 0 fully saturated rings. The zero-order valence-corrected chi connectivity index (χ0v) is 19.2. The lowest BCUT2D eigenvalue weighted by Crippen LogP contribution is -2.43. The number of nitrogens with zero attached hydrogens (tertiary/aromatic N) is 2. The van der Waals surface area contributed by atoms with Crippen LogP contribution in [0.15, 0.2) is 77.9 Å². The highest BCUT2D eigenvalue weighted by Crippen LogP contribution is 2.28. The van der Waals surface area contributed by atoms with Crippen LogP contribution in [0, 0.1) is 5.82 Å². The lowest BCUT2D eigenvalue weighted by Gasteiger charge is -2.25. The van der Waals surface area contributed by atoms with Gasteiger partial charge in [0.05, 0.1) is 41.2 Å². The van der Waals surface area contributed by atoms with Crippen molar-refractivity contribution in [2.45, 2.75) is 12.1 Å². The molecule has 2 atom stereocenters. The Morgan fingerprint density at radius 3 is 2.65 bits per heavy atom. The molecular weight excluding hydrogens is 457 g/mol. The van der Waals surface area contributed by atoms with E-state index in [4.69, 9.17) is 16.3 Å². The molecule has 0 bridgehead atoms. The predicted molar refractivity (Wildman–Crippen MR) is 130 cm³/mol. The number of ether oxygens (including phenoxy) is 1. The Hall–Kier alpha value is -3.39. The zero-order valence-electron chi connectivity index (χ0n) is 18.4. The molecule has 1 aliphatic heterocycles. The number of rotatable bonds is 8. The molecule has 2 N–H and O–H groups in total. The molecule has 0 spiro atoms. The van der Waals surface area contributed by atoms with Crippen LogP contribution in [0.1, 0.15) is 33.3 Å². The van der Waals surface area contributed by atoms with Crippen molar-refractivity contribution in [3.8, 4) is 0 Å². The third kappa shape index (κ3) is 5.07. The lowest BCUT2D eigenvalue weighted by atomic mass is 9.99. The summed E-state index contributed by atoms with van der Waals surface area (Å²) in [6, 6.07) is 15.8. The number of methoxy groups -OCH3 is 1. The molecule has 3 aromatic rings. The van der Waals surface area contributed by atoms with Gasteiger partial charge < -0.3 is 15.2 Å². The fourth-order valence-electron chi connectivity index (χ4n) is 3.89. The van der Waals surface area contributed by atoms with Gasteiger partial charge in [0, 0.05) is 18.9 Å². The molecule has 1 aromatic heterocycles. The highest BCUT2D eigenvalue weighted by molar-refractivity contribution is 6.37. The van der Waals surface area contributed by atoms with Gasteiger partial charge in [0.15, 0.2) is 0 Å². The number of nitrogens with one attached hydrogen (secondary N) is 1. The SMILES string of the molecule is COC(c1ccccn1)[C@H](CO)NC(=O)c1cccc(Cl)c1C1=NCC(c2ccc(F)cc2)=C1. The molecule has 1 unspecified atom stereocenters. The fourth-order valence-corrected chi connectivity index (χ4v) is 4.16. The van der Waals surface area contributed by atoms with Gasteiger partial charge >= 0.3 is 0 Å². The second-order valence-corrected chi connectivity index (χ2v) is 8.12. The van der Waals surface area contributed by atoms with E-state index in [0.717, 1.165) is 11.1 Å². The van der Waals surface area contributed by atoms with E-state index in [1.54, 1.807) is 48.7 Å². The van der Waals surface area contributed by atoms with E-state index >= 15 is 0 Å². The van der Waals surface area contributed by atoms with Gasteiger partial charge in [-0.25, -0.2) is 4.39 Å². The molecule has 1 amide bonds. The minimum atomic E-state index is -0.741. The first-order valence-electron chi connectivity index (χ1n) is 10.7. The van der Waals surface area contributed by atoms with Gasteiger partial charge in [0.2, 0.25) is 0 Å². The van der Waals surface area contributed by atoms with E-state index < -0.39 is 18.1 Å². The number of amides is 1. The van der Waals surface area contributed by atoms with Gasteiger partial charge in [-0.05, 0) is 53.6 Å². The minimum Gasteiger partial charge on any atom is -0.394 e. The molecule has 4 rings (SSSR count). The Bertz CT molecular complexity index is 1230. The number of carbonyl (C=O) groups excluding carboxylic acids is 1. The number of allylic oxidation sites excluding steroid dienone is 1. The Balaban J connectivity index is 1.61. The first kappa shape index (κ1) is 23.8. The number of benzene rings is 2. The molecule has 34 heavy (non-hydrogen) atoms. The maximum absolute atomic E-state index is 13.3. The van der Waals surface area contributed by atoms with E-state index in [0.29, 0.717) is 34.1 Å². The monoisotopic (exact) mass is 479 g/mol. The third-order valence-electron chi connectivity index (χ3n) is 5.57. The number of hydrogen-bond donors (Lipinski definition) is 2. The van der Waals surface area contributed by atoms with Crippen molar-refractivity contribution >= 4 is 28.8 Å². The molecule has 0 aliphatic carbocycles. The highest BCUT2D eigenvalue weighted by Gasteiger charge is 2.28. The van der Waals surface area contributed by atoms with Crippen molar-refractivity contribution in [2.24, 2.45) is 4.99 Å². The Kier molecular flexibility index (Phi) is 7.47. The summed E-state index contributed by atoms with van der Waals surface area (Å²) < 4.78 is 18.8. The number of pyridine rings is 1. The van der Waals surface area contributed by atoms with Crippen LogP contribution >= 0.6 is 11.6 Å². The molecule has 2 aromatic carbocycles. The summed E-state index contributed by atoms with van der Waals surface area (Å²) in [5, 5.41) is 13.2. The molecule has 0 saturated carbocycles. The van der Waals surface area contributed by atoms with E-state index in [1.807, 2.05) is 12.1 Å². The second-order valence-electron chi connectivity index (χ2n) is 7.71. The van der Waals surface area contributed by atoms with Crippen LogP contribution in [0.25, 0.3) is 5.57 Å². The van der Waals surface area contributed by atoms with Crippen LogP contribution < -0.4 is 5.32 Å². The van der Waals surface area contributed by atoms with Crippen LogP contribution in [-0.2, 0) is 4.74 Å². The van der Waals surface area contributed by atoms with Gasteiger partial charge in [-0.1, -0.05) is 35.9 Å². The Morgan fingerprint density at radius 2 is 1.97 bits per heavy atom. The molecular formula is C26H23ClFN3O3. The number of carbonyl (C=O) groups is 1. The number of aromatic nitrogens is 1. The number of aliphatic hydroxyl groups excluding tert-OH is 1. The summed E-state index contributed by atoms with van der Waals surface area (Å²) in [5.74, 6) is -0.743. The molecule has 8 heteroatoms. The van der Waals surface area contributed by atoms with Crippen LogP contribution in [0.2, 0.25) is 5.02 Å². The minimum absolute atomic E-state index is 0.313. The summed E-state index contributed by atoms with van der Waals surface area (Å²) in [5.41, 5.74) is 3.69. The summed E-state index contributed by atoms with van der Waals surface area (Å²) in [6.07, 6.45) is 2.82. The van der Waals surface area contributed by atoms with Crippen molar-refractivity contribution < 1.29 is 19.0 Å². The van der Waals surface area contributed by atoms with E-state index in [2.05, 4.69) is 15.3 Å². The molecule has 6 nitrogen and oxygen atoms in total. The normalized spacial score (nSPS) is 14.8.